The maximum absolute atomic E-state index is 12.0. The van der Waals surface area contributed by atoms with Crippen molar-refractivity contribution in [2.45, 2.75) is 152 Å². The Morgan fingerprint density at radius 2 is 0.697 bits per heavy atom. The maximum atomic E-state index is 12.0. The second-order valence-electron chi connectivity index (χ2n) is 13.0. The van der Waals surface area contributed by atoms with Crippen molar-refractivity contribution in [2.24, 2.45) is 11.8 Å². The first-order valence-electron chi connectivity index (χ1n) is 20.6. The number of carboxylic acids is 4. The molecular formula is C50H110N4O22. The largest absolute Gasteiger partial charge is 0.481 e. The molecule has 0 heterocycles. The van der Waals surface area contributed by atoms with Crippen LogP contribution in [0.2, 0.25) is 0 Å². The zero-order chi connectivity index (χ0) is 50.7. The number of aliphatic carboxylic acids is 4. The van der Waals surface area contributed by atoms with Crippen LogP contribution in [0.3, 0.4) is 0 Å². The minimum absolute atomic E-state index is 0. The lowest BCUT2D eigenvalue weighted by Crippen LogP contribution is -2.41. The number of carbonyl (C=O) groups excluding carboxylic acids is 4. The van der Waals surface area contributed by atoms with Crippen molar-refractivity contribution in [3.05, 3.63) is 26.3 Å². The molecule has 0 spiro atoms. The van der Waals surface area contributed by atoms with Gasteiger partial charge in [0.25, 0.3) is 0 Å². The highest BCUT2D eigenvalue weighted by Gasteiger charge is 2.24. The molecule has 26 heteroatoms. The monoisotopic (exact) mass is 1120 g/mol. The molecule has 76 heavy (non-hydrogen) atoms. The summed E-state index contributed by atoms with van der Waals surface area (Å²) >= 11 is 0. The normalized spacial score (nSPS) is 11.2. The van der Waals surface area contributed by atoms with Crippen LogP contribution in [0.15, 0.2) is 26.3 Å². The van der Waals surface area contributed by atoms with Crippen molar-refractivity contribution < 1.29 is 107 Å². The summed E-state index contributed by atoms with van der Waals surface area (Å²) < 4.78 is 33.9. The minimum atomic E-state index is -1.35. The molecule has 0 saturated heterocycles. The zero-order valence-corrected chi connectivity index (χ0v) is 38.2. The fraction of sp³-hybridized carbons (Fsp3) is 0.760. The Bertz CT molecular complexity index is 1290. The van der Waals surface area contributed by atoms with Gasteiger partial charge >= 0.3 is 23.9 Å². The average Bonchev–Trinajstić information content (AvgIpc) is 3.27. The van der Waals surface area contributed by atoms with E-state index in [9.17, 15) is 38.4 Å². The van der Waals surface area contributed by atoms with Crippen LogP contribution in [0.5, 0.6) is 0 Å². The standard InChI is InChI=1S/C36H62N4O22.2C2H4.10CH4/c1-23(35(49)50)33(47)39-25(3)61-59-21-28(22-60-62-26(4)40-34(48)24(2)36(51)52)58-18-17-57-27(19-55-15-13-53-11-9-37-29(41)5-7-31(43)44)20-56-16-14-54-12-10-38-30(42)6-8-32(45)46;2*1-2;;;;;;;;;;/h23-28H,5-22H2,1-4H3,(H,37,41)(H,38,42)(H,39,47)(H,40,48)(H,43,44)(H,45,46)(H,49,50)(H,51,52);2*1-2H2;10*1H4. The summed E-state index contributed by atoms with van der Waals surface area (Å²) in [5.74, 6) is -10.00. The zero-order valence-electron chi connectivity index (χ0n) is 38.2. The minimum Gasteiger partial charge on any atom is -0.481 e. The molecule has 4 amide bonds. The maximum Gasteiger partial charge on any atom is 0.315 e. The third-order valence-corrected chi connectivity index (χ3v) is 7.56. The highest BCUT2D eigenvalue weighted by Crippen LogP contribution is 2.04. The molecule has 0 aliphatic rings. The van der Waals surface area contributed by atoms with E-state index in [1.54, 1.807) is 0 Å². The van der Waals surface area contributed by atoms with Crippen molar-refractivity contribution in [3.8, 4) is 0 Å². The van der Waals surface area contributed by atoms with E-state index >= 15 is 0 Å². The lowest BCUT2D eigenvalue weighted by molar-refractivity contribution is -0.360. The van der Waals surface area contributed by atoms with Gasteiger partial charge in [0.05, 0.1) is 78.9 Å². The van der Waals surface area contributed by atoms with Crippen molar-refractivity contribution >= 4 is 47.5 Å². The fourth-order valence-electron chi connectivity index (χ4n) is 4.09. The summed E-state index contributed by atoms with van der Waals surface area (Å²) in [6.45, 7) is 17.8. The lowest BCUT2D eigenvalue weighted by atomic mass is 10.2. The first-order chi connectivity index (χ1) is 31.4. The van der Waals surface area contributed by atoms with Crippen LogP contribution < -0.4 is 21.3 Å². The molecular weight excluding hydrogens is 1010 g/mol. The Labute approximate surface area is 457 Å². The smallest absolute Gasteiger partial charge is 0.315 e. The van der Waals surface area contributed by atoms with Crippen molar-refractivity contribution in [3.63, 3.8) is 0 Å². The van der Waals surface area contributed by atoms with Crippen LogP contribution in [0, 0.1) is 11.8 Å². The predicted octanol–water partition coefficient (Wildman–Crippen LogP) is 6.01. The number of carboxylic acid groups (broad SMARTS) is 4. The van der Waals surface area contributed by atoms with Gasteiger partial charge in [-0.1, -0.05) is 74.3 Å². The topological polar surface area (TPSA) is 358 Å². The molecule has 26 nitrogen and oxygen atoms in total. The molecule has 0 rings (SSSR count). The Morgan fingerprint density at radius 3 is 0.987 bits per heavy atom. The third-order valence-electron chi connectivity index (χ3n) is 7.56. The molecule has 0 aromatic rings. The van der Waals surface area contributed by atoms with Crippen molar-refractivity contribution in [1.29, 1.82) is 0 Å². The molecule has 0 aromatic heterocycles. The number of hydrogen-bond donors (Lipinski definition) is 8. The molecule has 0 bridgehead atoms. The van der Waals surface area contributed by atoms with Gasteiger partial charge < -0.3 is 70.1 Å². The number of rotatable bonds is 41. The van der Waals surface area contributed by atoms with Gasteiger partial charge in [-0.25, -0.2) is 19.6 Å². The highest BCUT2D eigenvalue weighted by molar-refractivity contribution is 5.97. The third kappa shape index (κ3) is 65.0. The van der Waals surface area contributed by atoms with Crippen molar-refractivity contribution in [1.82, 2.24) is 21.3 Å². The van der Waals surface area contributed by atoms with Crippen LogP contribution in [0.4, 0.5) is 0 Å². The number of carbonyl (C=O) groups is 8. The van der Waals surface area contributed by atoms with Crippen LogP contribution in [-0.2, 0) is 86.3 Å². The Hall–Kier alpha value is -5.16. The molecule has 0 fully saturated rings. The van der Waals surface area contributed by atoms with Crippen LogP contribution in [0.25, 0.3) is 0 Å². The van der Waals surface area contributed by atoms with Crippen LogP contribution in [0.1, 0.15) is 128 Å². The van der Waals surface area contributed by atoms with E-state index in [1.165, 1.54) is 27.7 Å². The van der Waals surface area contributed by atoms with E-state index in [0.29, 0.717) is 0 Å². The highest BCUT2D eigenvalue weighted by atomic mass is 17.2. The quantitative estimate of drug-likeness (QED) is 0.00867. The van der Waals surface area contributed by atoms with Gasteiger partial charge in [-0.15, -0.1) is 26.3 Å². The van der Waals surface area contributed by atoms with Gasteiger partial charge in [0.2, 0.25) is 23.6 Å². The van der Waals surface area contributed by atoms with E-state index < -0.39 is 84.0 Å². The first kappa shape index (κ1) is 103. The van der Waals surface area contributed by atoms with Gasteiger partial charge in [0.1, 0.15) is 37.3 Å². The molecule has 4 unspecified atom stereocenters. The average molecular weight is 1120 g/mol. The summed E-state index contributed by atoms with van der Waals surface area (Å²) in [5.41, 5.74) is 0. The van der Waals surface area contributed by atoms with E-state index in [-0.39, 0.29) is 192 Å². The summed E-state index contributed by atoms with van der Waals surface area (Å²) in [4.78, 5) is 111. The Balaban J connectivity index is -0.000000251. The molecule has 0 aliphatic heterocycles. The molecule has 0 saturated carbocycles. The number of ether oxygens (including phenoxy) is 6. The molecule has 462 valence electrons. The van der Waals surface area contributed by atoms with Crippen LogP contribution >= 0.6 is 0 Å². The van der Waals surface area contributed by atoms with Gasteiger partial charge in [-0.05, 0) is 27.7 Å². The van der Waals surface area contributed by atoms with Crippen LogP contribution in [-0.4, -0.2) is 185 Å². The van der Waals surface area contributed by atoms with E-state index in [0.717, 1.165) is 0 Å². The molecule has 4 atom stereocenters. The Morgan fingerprint density at radius 1 is 0.408 bits per heavy atom. The lowest BCUT2D eigenvalue weighted by Gasteiger charge is -2.22. The fourth-order valence-corrected chi connectivity index (χ4v) is 4.09. The van der Waals surface area contributed by atoms with E-state index in [1.807, 2.05) is 0 Å². The van der Waals surface area contributed by atoms with Crippen molar-refractivity contribution in [2.75, 3.05) is 92.4 Å². The Kier molecular flexibility index (Phi) is 94.9. The molecule has 0 aliphatic carbocycles. The SMILES string of the molecule is C.C.C.C.C.C.C.C.C.C.C=C.C=C.CC(NC(=O)C(C)C(=O)O)OOCC(COOC(C)NC(=O)C(C)C(=O)O)OCCOC(COCCOCCNC(=O)CCC(=O)O)COCCOCCNC(=O)CCC(=O)O. The van der Waals surface area contributed by atoms with Gasteiger partial charge in [0.15, 0.2) is 12.5 Å². The molecule has 8 N–H and O–H groups in total. The predicted molar refractivity (Wildman–Crippen MR) is 295 cm³/mol. The second-order valence-corrected chi connectivity index (χ2v) is 13.0. The summed E-state index contributed by atoms with van der Waals surface area (Å²) in [7, 11) is 0. The van der Waals surface area contributed by atoms with E-state index in [2.05, 4.69) is 47.6 Å². The second kappa shape index (κ2) is 69.8. The number of nitrogens with one attached hydrogen (secondary N) is 4. The first-order valence-corrected chi connectivity index (χ1v) is 20.6. The summed E-state index contributed by atoms with van der Waals surface area (Å²) in [6, 6.07) is 0. The van der Waals surface area contributed by atoms with Gasteiger partial charge in [-0.2, -0.15) is 0 Å². The molecule has 0 radical (unpaired) electrons. The number of amides is 4. The van der Waals surface area contributed by atoms with Gasteiger partial charge in [0, 0.05) is 25.9 Å². The van der Waals surface area contributed by atoms with Gasteiger partial charge in [-0.3, -0.25) is 38.4 Å². The van der Waals surface area contributed by atoms with E-state index in [4.69, 9.17) is 68.4 Å². The summed E-state index contributed by atoms with van der Waals surface area (Å²) in [5, 5.41) is 45.1. The molecule has 0 aromatic carbocycles. The summed E-state index contributed by atoms with van der Waals surface area (Å²) in [6.07, 6.45) is -4.55. The number of hydrogen-bond acceptors (Lipinski definition) is 18.